The van der Waals surface area contributed by atoms with Crippen LogP contribution in [0.15, 0.2) is 33.7 Å². The van der Waals surface area contributed by atoms with Gasteiger partial charge in [-0.3, -0.25) is 0 Å². The van der Waals surface area contributed by atoms with E-state index in [2.05, 4.69) is 20.9 Å². The van der Waals surface area contributed by atoms with Crippen molar-refractivity contribution < 1.29 is 9.53 Å². The summed E-state index contributed by atoms with van der Waals surface area (Å²) in [6, 6.07) is 7.54. The lowest BCUT2D eigenvalue weighted by Gasteiger charge is -2.12. The van der Waals surface area contributed by atoms with Crippen LogP contribution in [0.1, 0.15) is 6.92 Å². The van der Waals surface area contributed by atoms with E-state index in [0.717, 1.165) is 10.2 Å². The third-order valence-corrected chi connectivity index (χ3v) is 2.23. The fraction of sp³-hybridized carbons (Fsp3) is 0.300. The van der Waals surface area contributed by atoms with Crippen molar-refractivity contribution in [3.05, 3.63) is 28.7 Å². The number of hydrogen-bond acceptors (Lipinski definition) is 3. The van der Waals surface area contributed by atoms with E-state index < -0.39 is 0 Å². The number of isocyanates is 1. The van der Waals surface area contributed by atoms with Gasteiger partial charge in [0, 0.05) is 0 Å². The summed E-state index contributed by atoms with van der Waals surface area (Å²) in [5.74, 6) is 0.751. The molecule has 0 fully saturated rings. The lowest BCUT2D eigenvalue weighted by Crippen LogP contribution is -2.15. The summed E-state index contributed by atoms with van der Waals surface area (Å²) in [6.45, 7) is 2.17. The van der Waals surface area contributed by atoms with E-state index in [1.54, 1.807) is 0 Å². The van der Waals surface area contributed by atoms with Gasteiger partial charge >= 0.3 is 0 Å². The van der Waals surface area contributed by atoms with Gasteiger partial charge in [-0.1, -0.05) is 12.1 Å². The van der Waals surface area contributed by atoms with E-state index in [0.29, 0.717) is 6.54 Å². The van der Waals surface area contributed by atoms with Crippen molar-refractivity contribution in [2.24, 2.45) is 4.99 Å². The molecule has 1 unspecified atom stereocenters. The lowest BCUT2D eigenvalue weighted by molar-refractivity contribution is 0.229. The van der Waals surface area contributed by atoms with Crippen LogP contribution in [0.4, 0.5) is 0 Å². The Bertz CT molecular complexity index is 348. The molecule has 0 amide bonds. The van der Waals surface area contributed by atoms with Crippen molar-refractivity contribution in [3.63, 3.8) is 0 Å². The molecule has 0 radical (unpaired) electrons. The summed E-state index contributed by atoms with van der Waals surface area (Å²) < 4.78 is 6.42. The zero-order valence-electron chi connectivity index (χ0n) is 7.74. The predicted molar refractivity (Wildman–Crippen MR) is 57.2 cm³/mol. The summed E-state index contributed by atoms with van der Waals surface area (Å²) in [5.41, 5.74) is 0. The minimum absolute atomic E-state index is 0.129. The van der Waals surface area contributed by atoms with Crippen LogP contribution in [0.5, 0.6) is 5.75 Å². The van der Waals surface area contributed by atoms with Crippen molar-refractivity contribution in [3.8, 4) is 5.75 Å². The Hall–Kier alpha value is -1.12. The first kappa shape index (κ1) is 11.0. The number of hydrogen-bond donors (Lipinski definition) is 0. The average molecular weight is 256 g/mol. The zero-order chi connectivity index (χ0) is 10.4. The lowest BCUT2D eigenvalue weighted by atomic mass is 10.3. The van der Waals surface area contributed by atoms with Gasteiger partial charge in [-0.2, -0.15) is 0 Å². The van der Waals surface area contributed by atoms with Crippen LogP contribution in [0.25, 0.3) is 0 Å². The molecule has 74 valence electrons. The minimum Gasteiger partial charge on any atom is -0.488 e. The smallest absolute Gasteiger partial charge is 0.235 e. The average Bonchev–Trinajstić information content (AvgIpc) is 2.18. The first-order valence-corrected chi connectivity index (χ1v) is 4.98. The topological polar surface area (TPSA) is 38.7 Å². The maximum absolute atomic E-state index is 9.87. The summed E-state index contributed by atoms with van der Waals surface area (Å²) in [6.07, 6.45) is 1.35. The number of aliphatic imine (C=N–C) groups is 1. The molecule has 0 aromatic heterocycles. The highest BCUT2D eigenvalue weighted by Crippen LogP contribution is 2.24. The summed E-state index contributed by atoms with van der Waals surface area (Å²) in [7, 11) is 0. The van der Waals surface area contributed by atoms with E-state index in [1.807, 2.05) is 31.2 Å². The van der Waals surface area contributed by atoms with Gasteiger partial charge in [-0.25, -0.2) is 9.79 Å². The third-order valence-electron chi connectivity index (χ3n) is 1.58. The minimum atomic E-state index is -0.129. The molecule has 0 aliphatic rings. The largest absolute Gasteiger partial charge is 0.488 e. The standard InChI is InChI=1S/C10H10BrNO2/c1-8(6-12-7-13)14-10-5-3-2-4-9(10)11/h2-5,8H,6H2,1H3. The molecule has 0 saturated carbocycles. The highest BCUT2D eigenvalue weighted by Gasteiger charge is 2.05. The van der Waals surface area contributed by atoms with Crippen molar-refractivity contribution in [2.75, 3.05) is 6.54 Å². The Kier molecular flexibility index (Phi) is 4.36. The number of benzene rings is 1. The van der Waals surface area contributed by atoms with E-state index in [9.17, 15) is 4.79 Å². The molecule has 1 aromatic carbocycles. The van der Waals surface area contributed by atoms with Crippen LogP contribution in [-0.4, -0.2) is 18.7 Å². The first-order chi connectivity index (χ1) is 6.74. The fourth-order valence-corrected chi connectivity index (χ4v) is 1.34. The van der Waals surface area contributed by atoms with E-state index >= 15 is 0 Å². The van der Waals surface area contributed by atoms with Crippen molar-refractivity contribution >= 4 is 22.0 Å². The van der Waals surface area contributed by atoms with Crippen LogP contribution in [0, 0.1) is 0 Å². The van der Waals surface area contributed by atoms with Crippen molar-refractivity contribution in [1.29, 1.82) is 0 Å². The Morgan fingerprint density at radius 2 is 2.29 bits per heavy atom. The Balaban J connectivity index is 2.60. The van der Waals surface area contributed by atoms with Crippen LogP contribution in [-0.2, 0) is 4.79 Å². The maximum atomic E-state index is 9.87. The van der Waals surface area contributed by atoms with Crippen LogP contribution in [0.3, 0.4) is 0 Å². The highest BCUT2D eigenvalue weighted by molar-refractivity contribution is 9.10. The Morgan fingerprint density at radius 1 is 1.57 bits per heavy atom. The van der Waals surface area contributed by atoms with Crippen LogP contribution in [0.2, 0.25) is 0 Å². The predicted octanol–water partition coefficient (Wildman–Crippen LogP) is 2.55. The highest BCUT2D eigenvalue weighted by atomic mass is 79.9. The van der Waals surface area contributed by atoms with Gasteiger partial charge in [0.1, 0.15) is 11.9 Å². The van der Waals surface area contributed by atoms with Gasteiger partial charge in [0.05, 0.1) is 11.0 Å². The van der Waals surface area contributed by atoms with Crippen molar-refractivity contribution in [1.82, 2.24) is 0 Å². The molecule has 14 heavy (non-hydrogen) atoms. The maximum Gasteiger partial charge on any atom is 0.235 e. The number of ether oxygens (including phenoxy) is 1. The number of para-hydroxylation sites is 1. The third kappa shape index (κ3) is 3.32. The summed E-state index contributed by atoms with van der Waals surface area (Å²) in [5, 5.41) is 0. The van der Waals surface area contributed by atoms with Gasteiger partial charge in [0.25, 0.3) is 0 Å². The number of nitrogens with zero attached hydrogens (tertiary/aromatic N) is 1. The second-order valence-corrected chi connectivity index (χ2v) is 3.65. The molecule has 3 nitrogen and oxygen atoms in total. The molecule has 0 saturated heterocycles. The van der Waals surface area contributed by atoms with Gasteiger partial charge in [-0.05, 0) is 35.0 Å². The molecular weight excluding hydrogens is 246 g/mol. The normalized spacial score (nSPS) is 11.6. The zero-order valence-corrected chi connectivity index (χ0v) is 9.32. The molecule has 0 heterocycles. The Labute approximate surface area is 90.9 Å². The number of halogens is 1. The molecule has 0 aliphatic carbocycles. The molecule has 1 rings (SSSR count). The van der Waals surface area contributed by atoms with Gasteiger partial charge in [-0.15, -0.1) is 0 Å². The number of rotatable bonds is 4. The van der Waals surface area contributed by atoms with E-state index in [1.165, 1.54) is 6.08 Å². The fourth-order valence-electron chi connectivity index (χ4n) is 0.960. The second kappa shape index (κ2) is 5.58. The monoisotopic (exact) mass is 255 g/mol. The first-order valence-electron chi connectivity index (χ1n) is 4.19. The van der Waals surface area contributed by atoms with Crippen LogP contribution < -0.4 is 4.74 Å². The molecule has 4 heteroatoms. The van der Waals surface area contributed by atoms with Gasteiger partial charge < -0.3 is 4.74 Å². The molecule has 1 aromatic rings. The summed E-state index contributed by atoms with van der Waals surface area (Å²) >= 11 is 3.36. The quantitative estimate of drug-likeness (QED) is 0.613. The summed E-state index contributed by atoms with van der Waals surface area (Å²) in [4.78, 5) is 13.3. The van der Waals surface area contributed by atoms with E-state index in [4.69, 9.17) is 4.74 Å². The van der Waals surface area contributed by atoms with E-state index in [-0.39, 0.29) is 6.10 Å². The Morgan fingerprint density at radius 3 is 2.93 bits per heavy atom. The second-order valence-electron chi connectivity index (χ2n) is 2.79. The van der Waals surface area contributed by atoms with Crippen molar-refractivity contribution in [2.45, 2.75) is 13.0 Å². The van der Waals surface area contributed by atoms with Gasteiger partial charge in [0.15, 0.2) is 0 Å². The molecule has 1 atom stereocenters. The van der Waals surface area contributed by atoms with Gasteiger partial charge in [0.2, 0.25) is 6.08 Å². The number of carbonyl (C=O) groups excluding carboxylic acids is 1. The molecule has 0 aliphatic heterocycles. The molecular formula is C10H10BrNO2. The molecule has 0 N–H and O–H groups in total. The molecule has 0 spiro atoms. The molecule has 0 bridgehead atoms. The van der Waals surface area contributed by atoms with Crippen LogP contribution >= 0.6 is 15.9 Å². The SMILES string of the molecule is CC(CN=C=O)Oc1ccccc1Br.